The highest BCUT2D eigenvalue weighted by Crippen LogP contribution is 2.29. The molecule has 132 valence electrons. The van der Waals surface area contributed by atoms with Crippen LogP contribution in [0.1, 0.15) is 23.4 Å². The van der Waals surface area contributed by atoms with Crippen molar-refractivity contribution in [2.45, 2.75) is 27.2 Å². The minimum atomic E-state index is -0.365. The fraction of sp³-hybridized carbons (Fsp3) is 0.389. The second-order valence-corrected chi connectivity index (χ2v) is 7.35. The molecule has 1 atom stereocenters. The molecule has 1 N–H and O–H groups in total. The van der Waals surface area contributed by atoms with Crippen molar-refractivity contribution in [2.75, 3.05) is 16.8 Å². The summed E-state index contributed by atoms with van der Waals surface area (Å²) in [6.45, 7) is 6.14. The predicted molar refractivity (Wildman–Crippen MR) is 101 cm³/mol. The number of aryl methyl sites for hydroxylation is 3. The molecule has 0 saturated carbocycles. The first kappa shape index (κ1) is 17.7. The van der Waals surface area contributed by atoms with Gasteiger partial charge in [-0.1, -0.05) is 15.9 Å². The van der Waals surface area contributed by atoms with Gasteiger partial charge < -0.3 is 10.2 Å². The van der Waals surface area contributed by atoms with E-state index in [2.05, 4.69) is 26.3 Å². The molecule has 25 heavy (non-hydrogen) atoms. The number of benzene rings is 1. The fourth-order valence-electron chi connectivity index (χ4n) is 3.11. The summed E-state index contributed by atoms with van der Waals surface area (Å²) in [6.07, 6.45) is 0.222. The third-order valence-corrected chi connectivity index (χ3v) is 5.60. The molecule has 1 aliphatic heterocycles. The number of carbonyl (C=O) groups excluding carboxylic acids is 2. The van der Waals surface area contributed by atoms with Gasteiger partial charge >= 0.3 is 0 Å². The van der Waals surface area contributed by atoms with Crippen LogP contribution in [-0.4, -0.2) is 28.1 Å². The van der Waals surface area contributed by atoms with E-state index >= 15 is 0 Å². The summed E-state index contributed by atoms with van der Waals surface area (Å²) < 4.78 is 2.74. The number of nitrogens with zero attached hydrogens (tertiary/aromatic N) is 3. The lowest BCUT2D eigenvalue weighted by atomic mass is 10.1. The molecule has 0 aliphatic carbocycles. The van der Waals surface area contributed by atoms with E-state index in [1.54, 1.807) is 9.58 Å². The molecule has 1 unspecified atom stereocenters. The molecule has 0 bridgehead atoms. The van der Waals surface area contributed by atoms with Crippen molar-refractivity contribution in [1.82, 2.24) is 9.78 Å². The van der Waals surface area contributed by atoms with Gasteiger partial charge in [0.15, 0.2) is 0 Å². The molecule has 1 saturated heterocycles. The summed E-state index contributed by atoms with van der Waals surface area (Å²) in [4.78, 5) is 26.7. The van der Waals surface area contributed by atoms with Gasteiger partial charge in [0, 0.05) is 30.2 Å². The Morgan fingerprint density at radius 2 is 2.04 bits per heavy atom. The van der Waals surface area contributed by atoms with Gasteiger partial charge in [-0.2, -0.15) is 5.10 Å². The first-order valence-electron chi connectivity index (χ1n) is 8.15. The Labute approximate surface area is 155 Å². The Morgan fingerprint density at radius 1 is 1.32 bits per heavy atom. The Kier molecular flexibility index (Phi) is 4.69. The van der Waals surface area contributed by atoms with Crippen molar-refractivity contribution in [1.29, 1.82) is 0 Å². The number of rotatable bonds is 3. The summed E-state index contributed by atoms with van der Waals surface area (Å²) in [5.41, 5.74) is 4.29. The van der Waals surface area contributed by atoms with Gasteiger partial charge in [0.1, 0.15) is 0 Å². The number of nitrogens with one attached hydrogen (secondary N) is 1. The normalized spacial score (nSPS) is 17.2. The van der Waals surface area contributed by atoms with E-state index in [9.17, 15) is 9.59 Å². The highest BCUT2D eigenvalue weighted by molar-refractivity contribution is 9.10. The van der Waals surface area contributed by atoms with Gasteiger partial charge in [-0.05, 0) is 44.5 Å². The molecule has 1 aliphatic rings. The summed E-state index contributed by atoms with van der Waals surface area (Å²) in [5, 5.41) is 7.25. The number of hydrogen-bond acceptors (Lipinski definition) is 3. The second kappa shape index (κ2) is 6.63. The van der Waals surface area contributed by atoms with E-state index in [-0.39, 0.29) is 24.2 Å². The van der Waals surface area contributed by atoms with Gasteiger partial charge in [-0.15, -0.1) is 0 Å². The molecular formula is C18H21BrN4O2. The van der Waals surface area contributed by atoms with Crippen LogP contribution < -0.4 is 10.2 Å². The number of anilines is 2. The van der Waals surface area contributed by atoms with Crippen molar-refractivity contribution in [2.24, 2.45) is 13.0 Å². The van der Waals surface area contributed by atoms with E-state index in [1.807, 2.05) is 46.0 Å². The Bertz CT molecular complexity index is 859. The minimum absolute atomic E-state index is 0.0264. The summed E-state index contributed by atoms with van der Waals surface area (Å²) >= 11 is 3.47. The highest BCUT2D eigenvalue weighted by atomic mass is 79.9. The minimum Gasteiger partial charge on any atom is -0.323 e. The predicted octanol–water partition coefficient (Wildman–Crippen LogP) is 3.10. The third kappa shape index (κ3) is 3.33. The zero-order valence-corrected chi connectivity index (χ0v) is 16.3. The van der Waals surface area contributed by atoms with Crippen LogP contribution >= 0.6 is 15.9 Å². The van der Waals surface area contributed by atoms with Crippen molar-refractivity contribution < 1.29 is 9.59 Å². The topological polar surface area (TPSA) is 67.2 Å². The zero-order chi connectivity index (χ0) is 18.3. The average molecular weight is 405 g/mol. The standard InChI is InChI=1S/C18H21BrN4O2/c1-10-7-14(5-6-15(10)19)23-9-13(8-16(23)24)18(25)20-17-11(2)21-22(4)12(17)3/h5-7,13H,8-9H2,1-4H3,(H,20,25). The first-order chi connectivity index (χ1) is 11.8. The molecular weight excluding hydrogens is 384 g/mol. The van der Waals surface area contributed by atoms with Crippen LogP contribution in [0.25, 0.3) is 0 Å². The number of aromatic nitrogens is 2. The molecule has 3 rings (SSSR count). The number of amides is 2. The molecule has 2 aromatic rings. The van der Waals surface area contributed by atoms with Gasteiger partial charge in [0.25, 0.3) is 0 Å². The zero-order valence-electron chi connectivity index (χ0n) is 14.8. The third-order valence-electron chi connectivity index (χ3n) is 4.71. The lowest BCUT2D eigenvalue weighted by Gasteiger charge is -2.18. The molecule has 2 heterocycles. The SMILES string of the molecule is Cc1cc(N2CC(C(=O)Nc3c(C)nn(C)c3C)CC2=O)ccc1Br. The number of carbonyl (C=O) groups is 2. The van der Waals surface area contributed by atoms with Crippen LogP contribution in [0.3, 0.4) is 0 Å². The number of halogens is 1. The molecule has 1 fully saturated rings. The van der Waals surface area contributed by atoms with Crippen molar-refractivity contribution in [3.8, 4) is 0 Å². The van der Waals surface area contributed by atoms with Gasteiger partial charge in [-0.25, -0.2) is 0 Å². The van der Waals surface area contributed by atoms with Crippen molar-refractivity contribution in [3.05, 3.63) is 39.6 Å². The molecule has 6 nitrogen and oxygen atoms in total. The van der Waals surface area contributed by atoms with E-state index in [0.29, 0.717) is 6.54 Å². The molecule has 0 spiro atoms. The number of hydrogen-bond donors (Lipinski definition) is 1. The quantitative estimate of drug-likeness (QED) is 0.854. The lowest BCUT2D eigenvalue weighted by Crippen LogP contribution is -2.28. The fourth-order valence-corrected chi connectivity index (χ4v) is 3.36. The van der Waals surface area contributed by atoms with Crippen molar-refractivity contribution >= 4 is 39.1 Å². The summed E-state index contributed by atoms with van der Waals surface area (Å²) in [5.74, 6) is -0.527. The van der Waals surface area contributed by atoms with E-state index < -0.39 is 0 Å². The van der Waals surface area contributed by atoms with E-state index in [4.69, 9.17) is 0 Å². The van der Waals surface area contributed by atoms with Gasteiger partial charge in [0.05, 0.1) is 23.0 Å². The maximum Gasteiger partial charge on any atom is 0.229 e. The van der Waals surface area contributed by atoms with Crippen molar-refractivity contribution in [3.63, 3.8) is 0 Å². The first-order valence-corrected chi connectivity index (χ1v) is 8.94. The van der Waals surface area contributed by atoms with Gasteiger partial charge in [0.2, 0.25) is 11.8 Å². The Balaban J connectivity index is 1.75. The monoisotopic (exact) mass is 404 g/mol. The van der Waals surface area contributed by atoms with Crippen LogP contribution in [0, 0.1) is 26.7 Å². The second-order valence-electron chi connectivity index (χ2n) is 6.50. The molecule has 1 aromatic carbocycles. The summed E-state index contributed by atoms with van der Waals surface area (Å²) in [6, 6.07) is 5.77. The largest absolute Gasteiger partial charge is 0.323 e. The smallest absolute Gasteiger partial charge is 0.229 e. The van der Waals surface area contributed by atoms with Crippen LogP contribution in [0.4, 0.5) is 11.4 Å². The van der Waals surface area contributed by atoms with Crippen LogP contribution in [0.15, 0.2) is 22.7 Å². The Morgan fingerprint density at radius 3 is 2.64 bits per heavy atom. The average Bonchev–Trinajstić information content (AvgIpc) is 3.05. The van der Waals surface area contributed by atoms with Crippen LogP contribution in [0.5, 0.6) is 0 Å². The molecule has 7 heteroatoms. The molecule has 1 aromatic heterocycles. The molecule has 2 amide bonds. The maximum atomic E-state index is 12.6. The Hall–Kier alpha value is -2.15. The van der Waals surface area contributed by atoms with Gasteiger partial charge in [-0.3, -0.25) is 14.3 Å². The van der Waals surface area contributed by atoms with E-state index in [1.165, 1.54) is 0 Å². The van der Waals surface area contributed by atoms with E-state index in [0.717, 1.165) is 32.8 Å². The maximum absolute atomic E-state index is 12.6. The summed E-state index contributed by atoms with van der Waals surface area (Å²) in [7, 11) is 1.84. The van der Waals surface area contributed by atoms with Crippen LogP contribution in [-0.2, 0) is 16.6 Å². The highest BCUT2D eigenvalue weighted by Gasteiger charge is 2.35. The lowest BCUT2D eigenvalue weighted by molar-refractivity contribution is -0.122. The molecule has 0 radical (unpaired) electrons. The van der Waals surface area contributed by atoms with Crippen LogP contribution in [0.2, 0.25) is 0 Å².